The third kappa shape index (κ3) is 4.27. The number of carbonyl (C=O) groups is 1. The molecule has 1 saturated heterocycles. The normalized spacial score (nSPS) is 21.6. The van der Waals surface area contributed by atoms with Gasteiger partial charge in [0.15, 0.2) is 0 Å². The highest BCUT2D eigenvalue weighted by atomic mass is 16.6. The molecule has 1 fully saturated rings. The number of methoxy groups -OCH3 is 1. The quantitative estimate of drug-likeness (QED) is 0.536. The molecule has 2 aromatic carbocycles. The molecule has 4 rings (SSSR count). The lowest BCUT2D eigenvalue weighted by Gasteiger charge is -2.34. The minimum atomic E-state index is -1.42. The van der Waals surface area contributed by atoms with Gasteiger partial charge in [-0.15, -0.1) is 0 Å². The van der Waals surface area contributed by atoms with E-state index in [1.165, 1.54) is 17.9 Å². The summed E-state index contributed by atoms with van der Waals surface area (Å²) in [5.41, 5.74) is -1.73. The molecule has 178 valence electrons. The predicted molar refractivity (Wildman–Crippen MR) is 123 cm³/mol. The van der Waals surface area contributed by atoms with Crippen molar-refractivity contribution in [3.05, 3.63) is 92.8 Å². The Hall–Kier alpha value is -3.69. The summed E-state index contributed by atoms with van der Waals surface area (Å²) in [6, 6.07) is 16.1. The molecule has 0 bridgehead atoms. The van der Waals surface area contributed by atoms with E-state index in [9.17, 15) is 19.5 Å². The summed E-state index contributed by atoms with van der Waals surface area (Å²) in [6.45, 7) is 3.19. The highest BCUT2D eigenvalue weighted by Gasteiger charge is 2.53. The van der Waals surface area contributed by atoms with E-state index in [1.807, 2.05) is 30.3 Å². The minimum Gasteiger partial charge on any atom is -0.468 e. The van der Waals surface area contributed by atoms with Gasteiger partial charge in [0.25, 0.3) is 5.56 Å². The number of aromatic nitrogens is 2. The van der Waals surface area contributed by atoms with E-state index in [4.69, 9.17) is 14.2 Å². The first-order valence-corrected chi connectivity index (χ1v) is 10.8. The van der Waals surface area contributed by atoms with E-state index in [0.717, 1.165) is 0 Å². The van der Waals surface area contributed by atoms with E-state index in [0.29, 0.717) is 22.6 Å². The molecule has 1 aliphatic heterocycles. The molecule has 0 saturated carbocycles. The Morgan fingerprint density at radius 2 is 1.85 bits per heavy atom. The van der Waals surface area contributed by atoms with Crippen LogP contribution in [0.15, 0.2) is 70.4 Å². The topological polar surface area (TPSA) is 120 Å². The molecule has 4 atom stereocenters. The first-order chi connectivity index (χ1) is 16.2. The number of hydrogen-bond acceptors (Lipinski definition) is 7. The summed E-state index contributed by atoms with van der Waals surface area (Å²) < 4.78 is 18.3. The second kappa shape index (κ2) is 9.28. The molecule has 0 radical (unpaired) electrons. The number of H-pyrrole nitrogens is 1. The van der Waals surface area contributed by atoms with Crippen molar-refractivity contribution in [3.8, 4) is 11.5 Å². The molecule has 3 aromatic rings. The number of nitrogens with zero attached hydrogens (tertiary/aromatic N) is 1. The van der Waals surface area contributed by atoms with Crippen molar-refractivity contribution in [2.24, 2.45) is 0 Å². The smallest absolute Gasteiger partial charge is 0.330 e. The minimum absolute atomic E-state index is 0.0445. The lowest BCUT2D eigenvalue weighted by atomic mass is 9.75. The van der Waals surface area contributed by atoms with Crippen molar-refractivity contribution in [2.45, 2.75) is 44.1 Å². The molecule has 9 nitrogen and oxygen atoms in total. The fourth-order valence-electron chi connectivity index (χ4n) is 4.26. The van der Waals surface area contributed by atoms with Crippen LogP contribution in [0.25, 0.3) is 0 Å². The van der Waals surface area contributed by atoms with Crippen LogP contribution in [0.1, 0.15) is 30.7 Å². The zero-order valence-corrected chi connectivity index (χ0v) is 19.1. The molecule has 0 spiro atoms. The van der Waals surface area contributed by atoms with Gasteiger partial charge in [0.1, 0.15) is 29.2 Å². The summed E-state index contributed by atoms with van der Waals surface area (Å²) in [4.78, 5) is 39.4. The number of nitrogens with one attached hydrogen (secondary N) is 1. The first-order valence-electron chi connectivity index (χ1n) is 10.8. The zero-order valence-electron chi connectivity index (χ0n) is 19.1. The summed E-state index contributed by atoms with van der Waals surface area (Å²) in [7, 11) is 1.26. The third-order valence-electron chi connectivity index (χ3n) is 6.14. The number of hydrogen-bond donors (Lipinski definition) is 2. The summed E-state index contributed by atoms with van der Waals surface area (Å²) in [6.07, 6.45) is -1.58. The number of aliphatic hydroxyl groups is 1. The average molecular weight is 466 g/mol. The van der Waals surface area contributed by atoms with Gasteiger partial charge in [0, 0.05) is 18.2 Å². The van der Waals surface area contributed by atoms with Gasteiger partial charge in [-0.2, -0.15) is 0 Å². The third-order valence-corrected chi connectivity index (χ3v) is 6.14. The molecular formula is C25H26N2O7. The van der Waals surface area contributed by atoms with Crippen LogP contribution < -0.4 is 16.0 Å². The van der Waals surface area contributed by atoms with Crippen LogP contribution >= 0.6 is 0 Å². The molecule has 2 N–H and O–H groups in total. The Morgan fingerprint density at radius 1 is 1.15 bits per heavy atom. The highest BCUT2D eigenvalue weighted by Crippen LogP contribution is 2.42. The number of rotatable bonds is 6. The molecule has 1 unspecified atom stereocenters. The average Bonchev–Trinajstić information content (AvgIpc) is 3.22. The second-order valence-electron chi connectivity index (χ2n) is 8.43. The van der Waals surface area contributed by atoms with Gasteiger partial charge in [0.2, 0.25) is 0 Å². The van der Waals surface area contributed by atoms with Crippen LogP contribution in [0, 0.1) is 6.92 Å². The van der Waals surface area contributed by atoms with Crippen molar-refractivity contribution in [3.63, 3.8) is 0 Å². The summed E-state index contributed by atoms with van der Waals surface area (Å²) >= 11 is 0. The number of carbonyl (C=O) groups excluding carboxylic acids is 1. The van der Waals surface area contributed by atoms with E-state index in [-0.39, 0.29) is 6.42 Å². The highest BCUT2D eigenvalue weighted by molar-refractivity contribution is 5.84. The van der Waals surface area contributed by atoms with Gasteiger partial charge in [0.05, 0.1) is 13.2 Å². The van der Waals surface area contributed by atoms with E-state index >= 15 is 0 Å². The fraction of sp³-hybridized carbons (Fsp3) is 0.320. The molecule has 34 heavy (non-hydrogen) atoms. The summed E-state index contributed by atoms with van der Waals surface area (Å²) in [5, 5.41) is 10.9. The number of aryl methyl sites for hydroxylation is 1. The predicted octanol–water partition coefficient (Wildman–Crippen LogP) is 2.42. The van der Waals surface area contributed by atoms with Crippen molar-refractivity contribution >= 4 is 5.97 Å². The summed E-state index contributed by atoms with van der Waals surface area (Å²) in [5.74, 6) is 0.513. The van der Waals surface area contributed by atoms with Crippen molar-refractivity contribution < 1.29 is 24.1 Å². The number of ether oxygens (including phenoxy) is 3. The van der Waals surface area contributed by atoms with Gasteiger partial charge in [-0.05, 0) is 43.7 Å². The largest absolute Gasteiger partial charge is 0.468 e. The standard InChI is InChI=1S/C25H26N2O7/c1-15-14-27(24(31)26-22(15)29)20-13-19(28)21(34-20)25(2,23(30)32-3)16-8-7-11-18(12-16)33-17-9-5-4-6-10-17/h4-12,14,19-21,28H,13H2,1-3H3,(H,26,29,31)/t19-,20+,21-,25?/m0/s1. The van der Waals surface area contributed by atoms with Crippen molar-refractivity contribution in [1.82, 2.24) is 9.55 Å². The van der Waals surface area contributed by atoms with Crippen LogP contribution in [0.2, 0.25) is 0 Å². The van der Waals surface area contributed by atoms with Crippen molar-refractivity contribution in [2.75, 3.05) is 7.11 Å². The Morgan fingerprint density at radius 3 is 2.56 bits per heavy atom. The Balaban J connectivity index is 1.70. The Bertz CT molecular complexity index is 1300. The number of benzene rings is 2. The lowest BCUT2D eigenvalue weighted by Crippen LogP contribution is -2.49. The fourth-order valence-corrected chi connectivity index (χ4v) is 4.26. The molecule has 2 heterocycles. The van der Waals surface area contributed by atoms with Crippen LogP contribution in [0.5, 0.6) is 11.5 Å². The van der Waals surface area contributed by atoms with Crippen LogP contribution in [-0.2, 0) is 19.7 Å². The Kier molecular flexibility index (Phi) is 6.41. The molecule has 1 aromatic heterocycles. The van der Waals surface area contributed by atoms with E-state index in [1.54, 1.807) is 38.1 Å². The van der Waals surface area contributed by atoms with Crippen LogP contribution in [-0.4, -0.2) is 39.9 Å². The molecule has 9 heteroatoms. The second-order valence-corrected chi connectivity index (χ2v) is 8.43. The van der Waals surface area contributed by atoms with E-state index in [2.05, 4.69) is 4.98 Å². The molecule has 1 aliphatic rings. The number of aromatic amines is 1. The van der Waals surface area contributed by atoms with Crippen LogP contribution in [0.3, 0.4) is 0 Å². The molecular weight excluding hydrogens is 440 g/mol. The Labute approximate surface area is 195 Å². The molecule has 0 amide bonds. The SMILES string of the molecule is COC(=O)C(C)(c1cccc(Oc2ccccc2)c1)[C@H]1O[C@@H](n2cc(C)c(=O)[nH]c2=O)C[C@@H]1O. The first kappa shape index (κ1) is 23.5. The van der Waals surface area contributed by atoms with Gasteiger partial charge >= 0.3 is 11.7 Å². The zero-order chi connectivity index (χ0) is 24.5. The maximum absolute atomic E-state index is 13.1. The van der Waals surface area contributed by atoms with Gasteiger partial charge in [-0.1, -0.05) is 30.3 Å². The maximum atomic E-state index is 13.1. The lowest BCUT2D eigenvalue weighted by molar-refractivity contribution is -0.157. The number of esters is 1. The van der Waals surface area contributed by atoms with E-state index < -0.39 is 41.1 Å². The molecule has 0 aliphatic carbocycles. The number of para-hydroxylation sites is 1. The van der Waals surface area contributed by atoms with Gasteiger partial charge in [-0.25, -0.2) is 4.79 Å². The monoisotopic (exact) mass is 466 g/mol. The van der Waals surface area contributed by atoms with Gasteiger partial charge < -0.3 is 19.3 Å². The van der Waals surface area contributed by atoms with Crippen molar-refractivity contribution in [1.29, 1.82) is 0 Å². The van der Waals surface area contributed by atoms with Crippen LogP contribution in [0.4, 0.5) is 0 Å². The number of aliphatic hydroxyl groups excluding tert-OH is 1. The van der Waals surface area contributed by atoms with Gasteiger partial charge in [-0.3, -0.25) is 19.1 Å². The maximum Gasteiger partial charge on any atom is 0.330 e.